The van der Waals surface area contributed by atoms with Gasteiger partial charge in [-0.1, -0.05) is 37.3 Å². The number of aromatic amines is 1. The lowest BCUT2D eigenvalue weighted by Crippen LogP contribution is -1.93. The van der Waals surface area contributed by atoms with Gasteiger partial charge in [-0.3, -0.25) is 0 Å². The van der Waals surface area contributed by atoms with Crippen molar-refractivity contribution in [3.63, 3.8) is 0 Å². The predicted octanol–water partition coefficient (Wildman–Crippen LogP) is 5.24. The van der Waals surface area contributed by atoms with Gasteiger partial charge in [0.1, 0.15) is 5.82 Å². The number of H-pyrrole nitrogens is 1. The molecule has 0 fully saturated rings. The fraction of sp³-hybridized carbons (Fsp3) is 0.222. The van der Waals surface area contributed by atoms with Gasteiger partial charge in [-0.25, -0.2) is 9.98 Å². The molecule has 0 atom stereocenters. The van der Waals surface area contributed by atoms with E-state index in [0.29, 0.717) is 0 Å². The lowest BCUT2D eigenvalue weighted by atomic mass is 10.2. The van der Waals surface area contributed by atoms with E-state index in [4.69, 9.17) is 4.99 Å². The first-order valence-electron chi connectivity index (χ1n) is 7.46. The summed E-state index contributed by atoms with van der Waals surface area (Å²) in [6.45, 7) is 4.23. The Morgan fingerprint density at radius 3 is 2.68 bits per heavy atom. The number of benzene rings is 2. The normalized spacial score (nSPS) is 12.0. The molecule has 3 rings (SSSR count). The summed E-state index contributed by atoms with van der Waals surface area (Å²) in [5.74, 6) is 1.81. The molecule has 0 unspecified atom stereocenters. The number of nitrogens with zero attached hydrogens (tertiary/aromatic N) is 2. The summed E-state index contributed by atoms with van der Waals surface area (Å²) in [4.78, 5) is 12.8. The minimum atomic E-state index is 0.813. The van der Waals surface area contributed by atoms with Crippen LogP contribution in [0.4, 0.5) is 5.69 Å². The Balaban J connectivity index is 1.74. The zero-order valence-corrected chi connectivity index (χ0v) is 13.7. The van der Waals surface area contributed by atoms with Crippen LogP contribution >= 0.6 is 11.8 Å². The van der Waals surface area contributed by atoms with Crippen LogP contribution in [-0.2, 0) is 5.75 Å². The van der Waals surface area contributed by atoms with Crippen LogP contribution in [0.15, 0.2) is 53.5 Å². The summed E-state index contributed by atoms with van der Waals surface area (Å²) in [5.41, 5.74) is 4.37. The van der Waals surface area contributed by atoms with Crippen molar-refractivity contribution >= 4 is 33.5 Å². The highest BCUT2D eigenvalue weighted by Gasteiger charge is 2.05. The Morgan fingerprint density at radius 2 is 1.91 bits per heavy atom. The van der Waals surface area contributed by atoms with E-state index in [1.807, 2.05) is 30.3 Å². The quantitative estimate of drug-likeness (QED) is 0.528. The average Bonchev–Trinajstić information content (AvgIpc) is 2.96. The lowest BCUT2D eigenvalue weighted by molar-refractivity contribution is 1.14. The minimum absolute atomic E-state index is 0.813. The molecule has 0 aliphatic rings. The van der Waals surface area contributed by atoms with Crippen LogP contribution in [0.25, 0.3) is 11.0 Å². The summed E-state index contributed by atoms with van der Waals surface area (Å²) in [6.07, 6.45) is 0.930. The molecule has 0 saturated carbocycles. The molecule has 0 bridgehead atoms. The van der Waals surface area contributed by atoms with Gasteiger partial charge in [0.2, 0.25) is 0 Å². The Kier molecular flexibility index (Phi) is 4.59. The van der Waals surface area contributed by atoms with Gasteiger partial charge in [0, 0.05) is 0 Å². The zero-order valence-electron chi connectivity index (χ0n) is 12.8. The van der Waals surface area contributed by atoms with Crippen molar-refractivity contribution in [3.05, 3.63) is 59.9 Å². The van der Waals surface area contributed by atoms with Gasteiger partial charge in [0.25, 0.3) is 0 Å². The van der Waals surface area contributed by atoms with Gasteiger partial charge in [0.05, 0.1) is 27.5 Å². The molecular formula is C18H19N3S. The maximum absolute atomic E-state index is 4.78. The standard InChI is InChI=1S/C18H19N3S/c1-3-18(21-14-9-5-4-8-13(14)2)22-12-17-19-15-10-6-7-11-16(15)20-17/h4-11H,3,12H2,1-2H3,(H,19,20). The molecule has 0 aliphatic heterocycles. The first-order valence-corrected chi connectivity index (χ1v) is 8.44. The van der Waals surface area contributed by atoms with Crippen LogP contribution in [0.1, 0.15) is 24.7 Å². The third-order valence-electron chi connectivity index (χ3n) is 3.48. The highest BCUT2D eigenvalue weighted by Crippen LogP contribution is 2.23. The second kappa shape index (κ2) is 6.79. The molecule has 4 heteroatoms. The number of thioether (sulfide) groups is 1. The second-order valence-electron chi connectivity index (χ2n) is 5.13. The molecular weight excluding hydrogens is 290 g/mol. The average molecular weight is 309 g/mol. The van der Waals surface area contributed by atoms with Gasteiger partial charge < -0.3 is 4.98 Å². The summed E-state index contributed by atoms with van der Waals surface area (Å²) in [5, 5.41) is 1.13. The number of aliphatic imine (C=N–C) groups is 1. The highest BCUT2D eigenvalue weighted by atomic mass is 32.2. The van der Waals surface area contributed by atoms with Crippen molar-refractivity contribution in [1.82, 2.24) is 9.97 Å². The topological polar surface area (TPSA) is 41.0 Å². The lowest BCUT2D eigenvalue weighted by Gasteiger charge is -2.04. The van der Waals surface area contributed by atoms with Crippen LogP contribution in [0.2, 0.25) is 0 Å². The molecule has 1 heterocycles. The van der Waals surface area contributed by atoms with Crippen LogP contribution in [-0.4, -0.2) is 15.0 Å². The number of fused-ring (bicyclic) bond motifs is 1. The molecule has 0 aliphatic carbocycles. The van der Waals surface area contributed by atoms with Gasteiger partial charge in [0.15, 0.2) is 0 Å². The van der Waals surface area contributed by atoms with Crippen LogP contribution < -0.4 is 0 Å². The van der Waals surface area contributed by atoms with E-state index < -0.39 is 0 Å². The van der Waals surface area contributed by atoms with Crippen LogP contribution in [0.5, 0.6) is 0 Å². The Morgan fingerprint density at radius 1 is 1.14 bits per heavy atom. The molecule has 2 aromatic carbocycles. The predicted molar refractivity (Wildman–Crippen MR) is 96.0 cm³/mol. The maximum Gasteiger partial charge on any atom is 0.117 e. The first-order chi connectivity index (χ1) is 10.8. The highest BCUT2D eigenvalue weighted by molar-refractivity contribution is 8.13. The fourth-order valence-corrected chi connectivity index (χ4v) is 3.07. The van der Waals surface area contributed by atoms with E-state index in [1.165, 1.54) is 5.56 Å². The molecule has 1 aromatic heterocycles. The zero-order chi connectivity index (χ0) is 15.4. The van der Waals surface area contributed by atoms with Gasteiger partial charge in [-0.05, 0) is 37.1 Å². The third-order valence-corrected chi connectivity index (χ3v) is 4.61. The van der Waals surface area contributed by atoms with Crippen molar-refractivity contribution < 1.29 is 0 Å². The summed E-state index contributed by atoms with van der Waals surface area (Å²) >= 11 is 1.75. The summed E-state index contributed by atoms with van der Waals surface area (Å²) < 4.78 is 0. The van der Waals surface area contributed by atoms with E-state index in [1.54, 1.807) is 11.8 Å². The van der Waals surface area contributed by atoms with E-state index in [2.05, 4.69) is 42.0 Å². The SMILES string of the molecule is CCC(=Nc1ccccc1C)SCc1nc2ccccc2[nH]1. The maximum atomic E-state index is 4.78. The van der Waals surface area contributed by atoms with Crippen molar-refractivity contribution in [2.75, 3.05) is 0 Å². The largest absolute Gasteiger partial charge is 0.341 e. The number of para-hydroxylation sites is 3. The van der Waals surface area contributed by atoms with E-state index in [-0.39, 0.29) is 0 Å². The van der Waals surface area contributed by atoms with Gasteiger partial charge >= 0.3 is 0 Å². The molecule has 0 saturated heterocycles. The number of hydrogen-bond donors (Lipinski definition) is 1. The molecule has 3 aromatic rings. The molecule has 0 radical (unpaired) electrons. The summed E-state index contributed by atoms with van der Waals surface area (Å²) in [6, 6.07) is 16.3. The number of aromatic nitrogens is 2. The molecule has 3 nitrogen and oxygen atoms in total. The van der Waals surface area contributed by atoms with E-state index in [9.17, 15) is 0 Å². The monoisotopic (exact) mass is 309 g/mol. The molecule has 112 valence electrons. The minimum Gasteiger partial charge on any atom is -0.341 e. The van der Waals surface area contributed by atoms with Crippen molar-refractivity contribution in [1.29, 1.82) is 0 Å². The molecule has 0 spiro atoms. The van der Waals surface area contributed by atoms with Crippen molar-refractivity contribution in [2.24, 2.45) is 4.99 Å². The number of rotatable bonds is 4. The van der Waals surface area contributed by atoms with Crippen LogP contribution in [0, 0.1) is 6.92 Å². The Bertz CT molecular complexity index is 772. The van der Waals surface area contributed by atoms with Crippen molar-refractivity contribution in [3.8, 4) is 0 Å². The number of aryl methyl sites for hydroxylation is 1. The molecule has 0 amide bonds. The second-order valence-corrected chi connectivity index (χ2v) is 6.18. The Hall–Kier alpha value is -2.07. The summed E-state index contributed by atoms with van der Waals surface area (Å²) in [7, 11) is 0. The third kappa shape index (κ3) is 3.39. The van der Waals surface area contributed by atoms with Crippen LogP contribution in [0.3, 0.4) is 0 Å². The molecule has 22 heavy (non-hydrogen) atoms. The van der Waals surface area contributed by atoms with Gasteiger partial charge in [-0.15, -0.1) is 11.8 Å². The van der Waals surface area contributed by atoms with E-state index in [0.717, 1.165) is 39.8 Å². The first kappa shape index (κ1) is 14.9. The number of nitrogens with one attached hydrogen (secondary N) is 1. The molecule has 1 N–H and O–H groups in total. The smallest absolute Gasteiger partial charge is 0.117 e. The van der Waals surface area contributed by atoms with E-state index >= 15 is 0 Å². The Labute approximate surface area is 134 Å². The van der Waals surface area contributed by atoms with Gasteiger partial charge in [-0.2, -0.15) is 0 Å². The fourth-order valence-electron chi connectivity index (χ4n) is 2.26. The van der Waals surface area contributed by atoms with Crippen molar-refractivity contribution in [2.45, 2.75) is 26.0 Å². The number of imidazole rings is 1. The number of hydrogen-bond acceptors (Lipinski definition) is 3.